The molecule has 0 amide bonds. The molecule has 3 unspecified atom stereocenters. The topological polar surface area (TPSA) is 97.4 Å². The van der Waals surface area contributed by atoms with E-state index in [1.54, 1.807) is 0 Å². The third kappa shape index (κ3) is 2.65. The number of hydrogen-bond acceptors (Lipinski definition) is 4. The van der Waals surface area contributed by atoms with Crippen molar-refractivity contribution >= 4 is 11.7 Å². The van der Waals surface area contributed by atoms with Crippen LogP contribution in [0.25, 0.3) is 0 Å². The first-order chi connectivity index (χ1) is 7.61. The Morgan fingerprint density at radius 1 is 1.62 bits per heavy atom. The molecule has 1 saturated carbocycles. The third-order valence-electron chi connectivity index (χ3n) is 3.37. The fourth-order valence-electron chi connectivity index (χ4n) is 2.47. The second-order valence-electron chi connectivity index (χ2n) is 4.43. The maximum atomic E-state index is 11.0. The molecule has 1 rings (SSSR count). The van der Waals surface area contributed by atoms with Crippen LogP contribution >= 0.6 is 0 Å². The van der Waals surface area contributed by atoms with E-state index in [-0.39, 0.29) is 11.8 Å². The van der Waals surface area contributed by atoms with Gasteiger partial charge in [-0.3, -0.25) is 4.79 Å². The molecule has 3 atom stereocenters. The molecule has 1 aliphatic rings. The van der Waals surface area contributed by atoms with Crippen molar-refractivity contribution in [2.24, 2.45) is 22.9 Å². The van der Waals surface area contributed by atoms with Gasteiger partial charge in [0.15, 0.2) is 0 Å². The van der Waals surface area contributed by atoms with Crippen LogP contribution in [0.2, 0.25) is 0 Å². The van der Waals surface area contributed by atoms with Crippen molar-refractivity contribution in [1.82, 2.24) is 0 Å². The van der Waals surface area contributed by atoms with Gasteiger partial charge in [0.2, 0.25) is 0 Å². The molecule has 5 nitrogen and oxygen atoms in total. The summed E-state index contributed by atoms with van der Waals surface area (Å²) in [7, 11) is 0. The monoisotopic (exact) mass is 225 g/mol. The van der Waals surface area contributed by atoms with Crippen LogP contribution in [0.5, 0.6) is 0 Å². The third-order valence-corrected chi connectivity index (χ3v) is 3.37. The van der Waals surface area contributed by atoms with Crippen molar-refractivity contribution in [2.45, 2.75) is 32.6 Å². The Kier molecular flexibility index (Phi) is 4.58. The fourth-order valence-corrected chi connectivity index (χ4v) is 2.47. The molecule has 5 heteroatoms. The van der Waals surface area contributed by atoms with E-state index in [0.29, 0.717) is 18.7 Å². The van der Waals surface area contributed by atoms with Gasteiger partial charge in [0.1, 0.15) is 0 Å². The van der Waals surface area contributed by atoms with Gasteiger partial charge in [0, 0.05) is 11.6 Å². The minimum Gasteiger partial charge on any atom is -0.481 e. The van der Waals surface area contributed by atoms with Crippen molar-refractivity contribution in [2.75, 3.05) is 6.54 Å². The van der Waals surface area contributed by atoms with Gasteiger partial charge in [0.25, 0.3) is 0 Å². The van der Waals surface area contributed by atoms with Crippen LogP contribution in [-0.2, 0) is 4.79 Å². The molecule has 0 aromatic carbocycles. The summed E-state index contributed by atoms with van der Waals surface area (Å²) in [6.07, 6.45) is 3.39. The van der Waals surface area contributed by atoms with Crippen molar-refractivity contribution < 1.29 is 9.90 Å². The van der Waals surface area contributed by atoms with Gasteiger partial charge in [-0.05, 0) is 18.8 Å². The van der Waals surface area contributed by atoms with Crippen molar-refractivity contribution in [3.8, 4) is 0 Å². The number of carboxylic acids is 1. The molecule has 0 saturated heterocycles. The number of unbranched alkanes of at least 4 members (excludes halogenated alkanes) is 1. The lowest BCUT2D eigenvalue weighted by Crippen LogP contribution is -2.22. The Labute approximate surface area is 95.3 Å². The number of carboxylic acid groups (broad SMARTS) is 1. The fraction of sp³-hybridized carbons (Fsp3) is 0.818. The standard InChI is InChI=1S/C11H19N3O2/c1-2-3-4-8-7(6-14-13)5-9(10(8)12)11(15)16/h7-9,12-13H,2-6H2,1H3,(H,15,16). The van der Waals surface area contributed by atoms with Crippen molar-refractivity contribution in [3.63, 3.8) is 0 Å². The summed E-state index contributed by atoms with van der Waals surface area (Å²) in [4.78, 5) is 11.0. The first kappa shape index (κ1) is 12.8. The lowest BCUT2D eigenvalue weighted by Gasteiger charge is -2.16. The van der Waals surface area contributed by atoms with Crippen LogP contribution in [0.3, 0.4) is 0 Å². The Morgan fingerprint density at radius 3 is 2.81 bits per heavy atom. The van der Waals surface area contributed by atoms with Crippen LogP contribution in [-0.4, -0.2) is 23.3 Å². The Hall–Kier alpha value is -1.26. The lowest BCUT2D eigenvalue weighted by atomic mass is 9.90. The van der Waals surface area contributed by atoms with Gasteiger partial charge in [-0.1, -0.05) is 19.8 Å². The highest BCUT2D eigenvalue weighted by Crippen LogP contribution is 2.37. The second kappa shape index (κ2) is 5.72. The van der Waals surface area contributed by atoms with Crippen LogP contribution < -0.4 is 0 Å². The van der Waals surface area contributed by atoms with E-state index in [9.17, 15) is 4.79 Å². The van der Waals surface area contributed by atoms with E-state index in [0.717, 1.165) is 19.3 Å². The van der Waals surface area contributed by atoms with Crippen LogP contribution in [0.4, 0.5) is 0 Å². The van der Waals surface area contributed by atoms with E-state index in [2.05, 4.69) is 12.0 Å². The predicted molar refractivity (Wildman–Crippen MR) is 60.0 cm³/mol. The maximum Gasteiger partial charge on any atom is 0.312 e. The summed E-state index contributed by atoms with van der Waals surface area (Å²) >= 11 is 0. The minimum atomic E-state index is -0.904. The summed E-state index contributed by atoms with van der Waals surface area (Å²) in [5.74, 6) is -1.44. The summed E-state index contributed by atoms with van der Waals surface area (Å²) in [6.45, 7) is 2.44. The first-order valence-electron chi connectivity index (χ1n) is 5.76. The summed E-state index contributed by atoms with van der Waals surface area (Å²) < 4.78 is 0. The van der Waals surface area contributed by atoms with Gasteiger partial charge < -0.3 is 10.5 Å². The SMILES string of the molecule is CCCCC1C(=N)C(C(=O)O)CC1CN=N. The van der Waals surface area contributed by atoms with Crippen LogP contribution in [0.1, 0.15) is 32.6 Å². The van der Waals surface area contributed by atoms with Gasteiger partial charge in [-0.25, -0.2) is 5.53 Å². The molecule has 3 N–H and O–H groups in total. The van der Waals surface area contributed by atoms with Gasteiger partial charge in [0.05, 0.1) is 12.5 Å². The second-order valence-corrected chi connectivity index (χ2v) is 4.43. The quantitative estimate of drug-likeness (QED) is 0.605. The molecule has 90 valence electrons. The smallest absolute Gasteiger partial charge is 0.312 e. The number of carbonyl (C=O) groups is 1. The number of aliphatic carboxylic acids is 1. The maximum absolute atomic E-state index is 11.0. The number of hydrogen-bond donors (Lipinski definition) is 3. The Balaban J connectivity index is 2.71. The van der Waals surface area contributed by atoms with E-state index in [4.69, 9.17) is 16.0 Å². The van der Waals surface area contributed by atoms with E-state index < -0.39 is 11.9 Å². The molecule has 0 spiro atoms. The zero-order chi connectivity index (χ0) is 12.1. The zero-order valence-corrected chi connectivity index (χ0v) is 9.57. The number of nitrogens with one attached hydrogen (secondary N) is 2. The zero-order valence-electron chi connectivity index (χ0n) is 9.57. The van der Waals surface area contributed by atoms with Crippen molar-refractivity contribution in [1.29, 1.82) is 10.9 Å². The highest BCUT2D eigenvalue weighted by molar-refractivity contribution is 6.02. The molecule has 0 radical (unpaired) electrons. The number of rotatable bonds is 6. The Bertz CT molecular complexity index is 291. The van der Waals surface area contributed by atoms with E-state index in [1.165, 1.54) is 0 Å². The van der Waals surface area contributed by atoms with Crippen LogP contribution in [0, 0.1) is 28.7 Å². The molecule has 16 heavy (non-hydrogen) atoms. The van der Waals surface area contributed by atoms with Crippen LogP contribution in [0.15, 0.2) is 5.11 Å². The van der Waals surface area contributed by atoms with E-state index in [1.807, 2.05) is 0 Å². The average Bonchev–Trinajstić information content (AvgIpc) is 2.54. The minimum absolute atomic E-state index is 0.0233. The summed E-state index contributed by atoms with van der Waals surface area (Å²) in [5, 5.41) is 20.3. The summed E-state index contributed by atoms with van der Waals surface area (Å²) in [5.41, 5.74) is 7.22. The first-order valence-corrected chi connectivity index (χ1v) is 5.76. The lowest BCUT2D eigenvalue weighted by molar-refractivity contribution is -0.139. The molecule has 0 bridgehead atoms. The summed E-state index contributed by atoms with van der Waals surface area (Å²) in [6, 6.07) is 0. The van der Waals surface area contributed by atoms with Gasteiger partial charge in [-0.15, -0.1) is 0 Å². The molecule has 0 aromatic rings. The Morgan fingerprint density at radius 2 is 2.31 bits per heavy atom. The normalized spacial score (nSPS) is 29.3. The number of nitrogens with zero attached hydrogens (tertiary/aromatic N) is 1. The molecule has 0 aromatic heterocycles. The molecule has 1 fully saturated rings. The highest BCUT2D eigenvalue weighted by Gasteiger charge is 2.42. The molecule has 0 heterocycles. The predicted octanol–water partition coefficient (Wildman–Crippen LogP) is 2.56. The highest BCUT2D eigenvalue weighted by atomic mass is 16.4. The van der Waals surface area contributed by atoms with Gasteiger partial charge >= 0.3 is 5.97 Å². The molecule has 1 aliphatic carbocycles. The average molecular weight is 225 g/mol. The molecule has 0 aliphatic heterocycles. The largest absolute Gasteiger partial charge is 0.481 e. The molecular weight excluding hydrogens is 206 g/mol. The van der Waals surface area contributed by atoms with Crippen molar-refractivity contribution in [3.05, 3.63) is 0 Å². The molecular formula is C11H19N3O2. The van der Waals surface area contributed by atoms with E-state index >= 15 is 0 Å². The van der Waals surface area contributed by atoms with Gasteiger partial charge in [-0.2, -0.15) is 5.11 Å².